The molecule has 0 fully saturated rings. The molecule has 0 aliphatic carbocycles. The van der Waals surface area contributed by atoms with Crippen molar-refractivity contribution in [1.82, 2.24) is 0 Å². The molecule has 5 nitrogen and oxygen atoms in total. The summed E-state index contributed by atoms with van der Waals surface area (Å²) in [6, 6.07) is 13.6. The Kier molecular flexibility index (Phi) is 6.93. The number of thiophene rings is 1. The number of hydrogen-bond acceptors (Lipinski definition) is 4. The summed E-state index contributed by atoms with van der Waals surface area (Å²) >= 11 is 13.5. The van der Waals surface area contributed by atoms with Crippen LogP contribution in [0.2, 0.25) is 10.0 Å². The molecule has 3 aromatic rings. The van der Waals surface area contributed by atoms with Gasteiger partial charge in [-0.15, -0.1) is 11.3 Å². The van der Waals surface area contributed by atoms with E-state index in [-0.39, 0.29) is 11.8 Å². The Labute approximate surface area is 181 Å². The van der Waals surface area contributed by atoms with Crippen molar-refractivity contribution in [2.24, 2.45) is 0 Å². The van der Waals surface area contributed by atoms with Crippen LogP contribution in [0, 0.1) is 0 Å². The third-order valence-corrected chi connectivity index (χ3v) is 5.18. The lowest BCUT2D eigenvalue weighted by molar-refractivity contribution is -0.111. The standard InChI is InChI=1S/C21H16Cl2N2O3S/c1-28-20-13(11-14(22)12-17(20)23)4-9-19(26)24-15-5-7-16(8-6-15)25-21(27)18-3-2-10-29-18/h2-12H,1H3,(H,24,26)(H,25,27)/b9-4-. The minimum Gasteiger partial charge on any atom is -0.495 e. The van der Waals surface area contributed by atoms with Crippen molar-refractivity contribution in [3.8, 4) is 5.75 Å². The van der Waals surface area contributed by atoms with E-state index in [1.165, 1.54) is 24.5 Å². The lowest BCUT2D eigenvalue weighted by atomic mass is 10.2. The second-order valence-electron chi connectivity index (χ2n) is 5.84. The molecule has 0 aliphatic heterocycles. The Morgan fingerprint density at radius 2 is 1.72 bits per heavy atom. The SMILES string of the molecule is COc1c(Cl)cc(Cl)cc1/C=C\C(=O)Nc1ccc(NC(=O)c2cccs2)cc1. The Morgan fingerprint density at radius 3 is 2.34 bits per heavy atom. The number of halogens is 2. The number of hydrogen-bond donors (Lipinski definition) is 2. The van der Waals surface area contributed by atoms with Crippen molar-refractivity contribution < 1.29 is 14.3 Å². The predicted molar refractivity (Wildman–Crippen MR) is 119 cm³/mol. The van der Waals surface area contributed by atoms with E-state index in [1.54, 1.807) is 48.5 Å². The number of amides is 2. The third kappa shape index (κ3) is 5.60. The van der Waals surface area contributed by atoms with Gasteiger partial charge in [-0.25, -0.2) is 0 Å². The van der Waals surface area contributed by atoms with Crippen LogP contribution in [0.4, 0.5) is 11.4 Å². The first-order valence-electron chi connectivity index (χ1n) is 8.43. The van der Waals surface area contributed by atoms with Crippen molar-refractivity contribution in [1.29, 1.82) is 0 Å². The van der Waals surface area contributed by atoms with Crippen molar-refractivity contribution in [2.75, 3.05) is 17.7 Å². The number of nitrogens with one attached hydrogen (secondary N) is 2. The number of benzene rings is 2. The third-order valence-electron chi connectivity index (χ3n) is 3.81. The highest BCUT2D eigenvalue weighted by Crippen LogP contribution is 2.33. The highest BCUT2D eigenvalue weighted by molar-refractivity contribution is 7.12. The van der Waals surface area contributed by atoms with Gasteiger partial charge in [-0.2, -0.15) is 0 Å². The number of methoxy groups -OCH3 is 1. The average molecular weight is 447 g/mol. The summed E-state index contributed by atoms with van der Waals surface area (Å²) in [6.45, 7) is 0. The van der Waals surface area contributed by atoms with E-state index < -0.39 is 0 Å². The fourth-order valence-corrected chi connectivity index (χ4v) is 3.71. The monoisotopic (exact) mass is 446 g/mol. The maximum atomic E-state index is 12.2. The maximum absolute atomic E-state index is 12.2. The predicted octanol–water partition coefficient (Wildman–Crippen LogP) is 5.97. The quantitative estimate of drug-likeness (QED) is 0.458. The summed E-state index contributed by atoms with van der Waals surface area (Å²) in [5, 5.41) is 8.19. The molecule has 29 heavy (non-hydrogen) atoms. The molecule has 0 atom stereocenters. The first-order valence-corrected chi connectivity index (χ1v) is 10.1. The average Bonchev–Trinajstić information content (AvgIpc) is 3.22. The summed E-state index contributed by atoms with van der Waals surface area (Å²) in [5.74, 6) is -0.0710. The molecule has 0 saturated carbocycles. The number of ether oxygens (including phenoxy) is 1. The van der Waals surface area contributed by atoms with Gasteiger partial charge < -0.3 is 15.4 Å². The summed E-state index contributed by atoms with van der Waals surface area (Å²) in [7, 11) is 1.49. The Morgan fingerprint density at radius 1 is 1.03 bits per heavy atom. The zero-order valence-electron chi connectivity index (χ0n) is 15.2. The van der Waals surface area contributed by atoms with Crippen LogP contribution in [0.1, 0.15) is 15.2 Å². The van der Waals surface area contributed by atoms with Gasteiger partial charge in [0.25, 0.3) is 5.91 Å². The Bertz CT molecular complexity index is 1050. The zero-order chi connectivity index (χ0) is 20.8. The molecule has 2 aromatic carbocycles. The first-order chi connectivity index (χ1) is 14.0. The van der Waals surface area contributed by atoms with Crippen LogP contribution in [0.25, 0.3) is 6.08 Å². The number of carbonyl (C=O) groups is 2. The minimum absolute atomic E-state index is 0.172. The van der Waals surface area contributed by atoms with Gasteiger partial charge in [0.1, 0.15) is 5.75 Å². The van der Waals surface area contributed by atoms with E-state index >= 15 is 0 Å². The van der Waals surface area contributed by atoms with E-state index in [4.69, 9.17) is 27.9 Å². The van der Waals surface area contributed by atoms with E-state index in [0.29, 0.717) is 37.6 Å². The van der Waals surface area contributed by atoms with Crippen LogP contribution < -0.4 is 15.4 Å². The molecule has 0 radical (unpaired) electrons. The molecule has 0 unspecified atom stereocenters. The normalized spacial score (nSPS) is 10.7. The van der Waals surface area contributed by atoms with Crippen LogP contribution >= 0.6 is 34.5 Å². The molecule has 0 aliphatic rings. The molecular formula is C21H16Cl2N2O3S. The van der Waals surface area contributed by atoms with Gasteiger partial charge in [0, 0.05) is 28.0 Å². The van der Waals surface area contributed by atoms with Gasteiger partial charge in [-0.05, 0) is 53.9 Å². The molecular weight excluding hydrogens is 431 g/mol. The zero-order valence-corrected chi connectivity index (χ0v) is 17.6. The summed E-state index contributed by atoms with van der Waals surface area (Å²) < 4.78 is 5.25. The second-order valence-corrected chi connectivity index (χ2v) is 7.63. The minimum atomic E-state index is -0.335. The molecule has 0 spiro atoms. The first kappa shape index (κ1) is 20.9. The molecule has 3 rings (SSSR count). The van der Waals surface area contributed by atoms with Crippen molar-refractivity contribution in [3.05, 3.63) is 80.5 Å². The summed E-state index contributed by atoms with van der Waals surface area (Å²) in [6.07, 6.45) is 2.93. The van der Waals surface area contributed by atoms with Gasteiger partial charge in [0.2, 0.25) is 5.91 Å². The molecule has 2 amide bonds. The fourth-order valence-electron chi connectivity index (χ4n) is 2.51. The van der Waals surface area contributed by atoms with Gasteiger partial charge in [-0.3, -0.25) is 9.59 Å². The van der Waals surface area contributed by atoms with Crippen molar-refractivity contribution >= 4 is 63.8 Å². The molecule has 2 N–H and O–H groups in total. The number of rotatable bonds is 6. The summed E-state index contributed by atoms with van der Waals surface area (Å²) in [4.78, 5) is 24.9. The molecule has 0 saturated heterocycles. The van der Waals surface area contributed by atoms with E-state index in [9.17, 15) is 9.59 Å². The van der Waals surface area contributed by atoms with E-state index in [2.05, 4.69) is 10.6 Å². The van der Waals surface area contributed by atoms with Crippen LogP contribution in [0.3, 0.4) is 0 Å². The van der Waals surface area contributed by atoms with Gasteiger partial charge in [-0.1, -0.05) is 29.3 Å². The molecule has 148 valence electrons. The Balaban J connectivity index is 1.62. The van der Waals surface area contributed by atoms with E-state index in [0.717, 1.165) is 0 Å². The van der Waals surface area contributed by atoms with Gasteiger partial charge in [0.15, 0.2) is 0 Å². The lowest BCUT2D eigenvalue weighted by Gasteiger charge is -2.08. The van der Waals surface area contributed by atoms with Gasteiger partial charge >= 0.3 is 0 Å². The highest BCUT2D eigenvalue weighted by Gasteiger charge is 2.09. The molecule has 8 heteroatoms. The molecule has 1 aromatic heterocycles. The molecule has 1 heterocycles. The second kappa shape index (κ2) is 9.60. The van der Waals surface area contributed by atoms with Gasteiger partial charge in [0.05, 0.1) is 17.0 Å². The van der Waals surface area contributed by atoms with Crippen molar-refractivity contribution in [2.45, 2.75) is 0 Å². The van der Waals surface area contributed by atoms with Crippen LogP contribution in [0.15, 0.2) is 60.0 Å². The fraction of sp³-hybridized carbons (Fsp3) is 0.0476. The van der Waals surface area contributed by atoms with Crippen molar-refractivity contribution in [3.63, 3.8) is 0 Å². The van der Waals surface area contributed by atoms with Crippen LogP contribution in [-0.4, -0.2) is 18.9 Å². The van der Waals surface area contributed by atoms with Crippen LogP contribution in [0.5, 0.6) is 5.75 Å². The summed E-state index contributed by atoms with van der Waals surface area (Å²) in [5.41, 5.74) is 1.81. The lowest BCUT2D eigenvalue weighted by Crippen LogP contribution is -2.10. The smallest absolute Gasteiger partial charge is 0.265 e. The molecule has 0 bridgehead atoms. The maximum Gasteiger partial charge on any atom is 0.265 e. The topological polar surface area (TPSA) is 67.4 Å². The Hall–Kier alpha value is -2.80. The number of carbonyl (C=O) groups excluding carboxylic acids is 2. The van der Waals surface area contributed by atoms with Crippen LogP contribution in [-0.2, 0) is 4.79 Å². The highest BCUT2D eigenvalue weighted by atomic mass is 35.5. The number of anilines is 2. The largest absolute Gasteiger partial charge is 0.495 e. The van der Waals surface area contributed by atoms with E-state index in [1.807, 2.05) is 11.4 Å².